The molecule has 1 amide bonds. The first kappa shape index (κ1) is 15.7. The van der Waals surface area contributed by atoms with Crippen LogP contribution in [-0.4, -0.2) is 51.2 Å². The van der Waals surface area contributed by atoms with Gasteiger partial charge >= 0.3 is 6.09 Å². The molecule has 3 rings (SSSR count). The van der Waals surface area contributed by atoms with Crippen molar-refractivity contribution < 1.29 is 14.3 Å². The second-order valence-corrected chi connectivity index (χ2v) is 6.73. The summed E-state index contributed by atoms with van der Waals surface area (Å²) in [6.07, 6.45) is 1.12. The Morgan fingerprint density at radius 1 is 1.48 bits per heavy atom. The average molecular weight is 318 g/mol. The van der Waals surface area contributed by atoms with Crippen molar-refractivity contribution in [1.82, 2.24) is 19.9 Å². The molecule has 124 valence electrons. The molecule has 7 heteroatoms. The quantitative estimate of drug-likeness (QED) is 0.874. The van der Waals surface area contributed by atoms with Crippen LogP contribution >= 0.6 is 0 Å². The number of aromatic nitrogens is 3. The first-order valence-corrected chi connectivity index (χ1v) is 7.74. The number of pyridine rings is 1. The largest absolute Gasteiger partial charge is 0.444 e. The van der Waals surface area contributed by atoms with E-state index < -0.39 is 5.60 Å². The Labute approximate surface area is 135 Å². The number of imidazole rings is 1. The molecule has 2 aromatic rings. The molecule has 7 nitrogen and oxygen atoms in total. The highest BCUT2D eigenvalue weighted by Crippen LogP contribution is 2.24. The predicted molar refractivity (Wildman–Crippen MR) is 85.1 cm³/mol. The molecule has 1 aliphatic rings. The van der Waals surface area contributed by atoms with Crippen LogP contribution < -0.4 is 0 Å². The van der Waals surface area contributed by atoms with Crippen molar-refractivity contribution in [2.24, 2.45) is 0 Å². The van der Waals surface area contributed by atoms with E-state index in [1.54, 1.807) is 11.1 Å². The van der Waals surface area contributed by atoms with Gasteiger partial charge in [0.2, 0.25) is 0 Å². The molecule has 1 N–H and O–H groups in total. The summed E-state index contributed by atoms with van der Waals surface area (Å²) >= 11 is 0. The minimum atomic E-state index is -0.509. The van der Waals surface area contributed by atoms with Crippen molar-refractivity contribution >= 4 is 17.3 Å². The number of H-pyrrole nitrogens is 1. The van der Waals surface area contributed by atoms with Crippen LogP contribution in [0.1, 0.15) is 38.3 Å². The number of ether oxygens (including phenoxy) is 2. The molecule has 3 heterocycles. The third-order valence-corrected chi connectivity index (χ3v) is 3.63. The summed E-state index contributed by atoms with van der Waals surface area (Å²) in [4.78, 5) is 25.9. The summed E-state index contributed by atoms with van der Waals surface area (Å²) < 4.78 is 11.2. The van der Waals surface area contributed by atoms with E-state index in [1.165, 1.54) is 0 Å². The van der Waals surface area contributed by atoms with E-state index in [4.69, 9.17) is 9.47 Å². The number of amides is 1. The van der Waals surface area contributed by atoms with E-state index in [1.807, 2.05) is 33.8 Å². The predicted octanol–water partition coefficient (Wildman–Crippen LogP) is 2.57. The molecule has 0 spiro atoms. The van der Waals surface area contributed by atoms with Crippen LogP contribution in [0.3, 0.4) is 0 Å². The van der Waals surface area contributed by atoms with E-state index in [0.29, 0.717) is 25.5 Å². The number of carbonyl (C=O) groups excluding carboxylic acids is 1. The second kappa shape index (κ2) is 5.81. The molecule has 1 saturated heterocycles. The van der Waals surface area contributed by atoms with Gasteiger partial charge in [-0.05, 0) is 39.3 Å². The van der Waals surface area contributed by atoms with Gasteiger partial charge in [0.25, 0.3) is 0 Å². The van der Waals surface area contributed by atoms with Gasteiger partial charge in [-0.1, -0.05) is 0 Å². The van der Waals surface area contributed by atoms with Crippen molar-refractivity contribution in [1.29, 1.82) is 0 Å². The molecule has 1 atom stereocenters. The highest BCUT2D eigenvalue weighted by atomic mass is 16.6. The summed E-state index contributed by atoms with van der Waals surface area (Å²) in [6, 6.07) is 1.92. The summed E-state index contributed by atoms with van der Waals surface area (Å²) in [7, 11) is 0. The molecular weight excluding hydrogens is 296 g/mol. The standard InChI is InChI=1S/C16H22N4O3/c1-10-5-6-17-14-12(10)18-13(19-14)11-9-20(7-8-22-11)15(21)23-16(2,3)4/h5-6,11H,7-9H2,1-4H3,(H,17,18,19). The fourth-order valence-corrected chi connectivity index (χ4v) is 2.51. The first-order chi connectivity index (χ1) is 10.8. The lowest BCUT2D eigenvalue weighted by Crippen LogP contribution is -2.44. The summed E-state index contributed by atoms with van der Waals surface area (Å²) in [5.41, 5.74) is 2.11. The minimum Gasteiger partial charge on any atom is -0.444 e. The van der Waals surface area contributed by atoms with Crippen LogP contribution in [0.15, 0.2) is 12.3 Å². The van der Waals surface area contributed by atoms with Gasteiger partial charge in [-0.3, -0.25) is 0 Å². The van der Waals surface area contributed by atoms with Gasteiger partial charge in [0.1, 0.15) is 23.0 Å². The lowest BCUT2D eigenvalue weighted by atomic mass is 10.2. The number of morpholine rings is 1. The Balaban J connectivity index is 1.77. The Kier molecular flexibility index (Phi) is 3.97. The van der Waals surface area contributed by atoms with Gasteiger partial charge in [-0.25, -0.2) is 14.8 Å². The topological polar surface area (TPSA) is 80.3 Å². The van der Waals surface area contributed by atoms with Crippen LogP contribution in [0, 0.1) is 6.92 Å². The molecule has 0 aromatic carbocycles. The fraction of sp³-hybridized carbons (Fsp3) is 0.562. The normalized spacial score (nSPS) is 19.1. The molecule has 1 aliphatic heterocycles. The maximum absolute atomic E-state index is 12.2. The molecule has 1 fully saturated rings. The smallest absolute Gasteiger partial charge is 0.410 e. The van der Waals surface area contributed by atoms with Crippen LogP contribution in [0.5, 0.6) is 0 Å². The van der Waals surface area contributed by atoms with Crippen LogP contribution in [0.2, 0.25) is 0 Å². The Hall–Kier alpha value is -2.15. The van der Waals surface area contributed by atoms with Gasteiger partial charge < -0.3 is 19.4 Å². The van der Waals surface area contributed by atoms with E-state index >= 15 is 0 Å². The van der Waals surface area contributed by atoms with Gasteiger partial charge in [0, 0.05) is 12.7 Å². The molecule has 0 radical (unpaired) electrons. The average Bonchev–Trinajstić information content (AvgIpc) is 2.91. The molecule has 0 aliphatic carbocycles. The minimum absolute atomic E-state index is 0.301. The van der Waals surface area contributed by atoms with Gasteiger partial charge in [0.05, 0.1) is 13.2 Å². The Bertz CT molecular complexity index is 720. The second-order valence-electron chi connectivity index (χ2n) is 6.73. The molecule has 0 saturated carbocycles. The molecule has 0 bridgehead atoms. The van der Waals surface area contributed by atoms with Gasteiger partial charge in [-0.2, -0.15) is 0 Å². The molecular formula is C16H22N4O3. The zero-order chi connectivity index (χ0) is 16.6. The molecule has 2 aromatic heterocycles. The van der Waals surface area contributed by atoms with Crippen molar-refractivity contribution in [2.45, 2.75) is 39.4 Å². The number of fused-ring (bicyclic) bond motifs is 1. The zero-order valence-corrected chi connectivity index (χ0v) is 13.9. The number of nitrogens with one attached hydrogen (secondary N) is 1. The van der Waals surface area contributed by atoms with E-state index in [0.717, 1.165) is 16.7 Å². The van der Waals surface area contributed by atoms with Gasteiger partial charge in [-0.15, -0.1) is 0 Å². The first-order valence-electron chi connectivity index (χ1n) is 7.74. The Morgan fingerprint density at radius 3 is 2.96 bits per heavy atom. The number of nitrogens with zero attached hydrogens (tertiary/aromatic N) is 3. The summed E-state index contributed by atoms with van der Waals surface area (Å²) in [5.74, 6) is 0.690. The summed E-state index contributed by atoms with van der Waals surface area (Å²) in [5, 5.41) is 0. The van der Waals surface area contributed by atoms with E-state index in [2.05, 4.69) is 15.0 Å². The maximum Gasteiger partial charge on any atom is 0.410 e. The van der Waals surface area contributed by atoms with E-state index in [-0.39, 0.29) is 12.2 Å². The van der Waals surface area contributed by atoms with Crippen molar-refractivity contribution in [2.75, 3.05) is 19.7 Å². The number of aryl methyl sites for hydroxylation is 1. The fourth-order valence-electron chi connectivity index (χ4n) is 2.51. The zero-order valence-electron chi connectivity index (χ0n) is 13.9. The number of rotatable bonds is 1. The number of hydrogen-bond donors (Lipinski definition) is 1. The highest BCUT2D eigenvalue weighted by molar-refractivity contribution is 5.74. The molecule has 1 unspecified atom stereocenters. The third kappa shape index (κ3) is 3.44. The summed E-state index contributed by atoms with van der Waals surface area (Å²) in [6.45, 7) is 8.94. The number of aromatic amines is 1. The number of carbonyl (C=O) groups is 1. The van der Waals surface area contributed by atoms with Crippen LogP contribution in [0.25, 0.3) is 11.2 Å². The number of hydrogen-bond acceptors (Lipinski definition) is 5. The molecule has 23 heavy (non-hydrogen) atoms. The van der Waals surface area contributed by atoms with Crippen molar-refractivity contribution in [3.8, 4) is 0 Å². The van der Waals surface area contributed by atoms with Gasteiger partial charge in [0.15, 0.2) is 5.65 Å². The SMILES string of the molecule is Cc1ccnc2[nH]c(C3CN(C(=O)OC(C)(C)C)CCO3)nc12. The van der Waals surface area contributed by atoms with E-state index in [9.17, 15) is 4.79 Å². The monoisotopic (exact) mass is 318 g/mol. The lowest BCUT2D eigenvalue weighted by molar-refractivity contribution is -0.0459. The van der Waals surface area contributed by atoms with Crippen molar-refractivity contribution in [3.05, 3.63) is 23.7 Å². The highest BCUT2D eigenvalue weighted by Gasteiger charge is 2.30. The third-order valence-electron chi connectivity index (χ3n) is 3.63. The maximum atomic E-state index is 12.2. The lowest BCUT2D eigenvalue weighted by Gasteiger charge is -2.33. The van der Waals surface area contributed by atoms with Crippen LogP contribution in [-0.2, 0) is 9.47 Å². The van der Waals surface area contributed by atoms with Crippen molar-refractivity contribution in [3.63, 3.8) is 0 Å². The Morgan fingerprint density at radius 2 is 2.26 bits per heavy atom. The van der Waals surface area contributed by atoms with Crippen LogP contribution in [0.4, 0.5) is 4.79 Å².